The van der Waals surface area contributed by atoms with Crippen LogP contribution in [0.3, 0.4) is 0 Å². The second kappa shape index (κ2) is 7.12. The van der Waals surface area contributed by atoms with Crippen LogP contribution < -0.4 is 25.3 Å². The van der Waals surface area contributed by atoms with Gasteiger partial charge in [0.25, 0.3) is 0 Å². The first-order valence-electron chi connectivity index (χ1n) is 7.82. The Morgan fingerprint density at radius 3 is 2.67 bits per heavy atom. The van der Waals surface area contributed by atoms with Crippen molar-refractivity contribution >= 4 is 11.6 Å². The molecule has 3 N–H and O–H groups in total. The number of anilines is 1. The molecule has 0 saturated carbocycles. The van der Waals surface area contributed by atoms with Crippen molar-refractivity contribution < 1.29 is 14.2 Å². The fraction of sp³-hybridized carbons (Fsp3) is 0.278. The fourth-order valence-corrected chi connectivity index (χ4v) is 2.29. The van der Waals surface area contributed by atoms with Gasteiger partial charge in [0.05, 0.1) is 12.6 Å². The average molecular weight is 327 g/mol. The van der Waals surface area contributed by atoms with Crippen LogP contribution in [0, 0.1) is 0 Å². The highest BCUT2D eigenvalue weighted by Gasteiger charge is 2.12. The standard InChI is InChI=1S/C18H21N3O3/c1-12(2)24-15-6-4-14(5-7-15)21-18(19)20-10-13-3-8-16-17(9-13)23-11-22-16/h3-9,12H,10-11H2,1-2H3,(H3,19,20,21). The summed E-state index contributed by atoms with van der Waals surface area (Å²) < 4.78 is 16.2. The Labute approximate surface area is 141 Å². The lowest BCUT2D eigenvalue weighted by Gasteiger charge is -2.11. The molecule has 6 heteroatoms. The van der Waals surface area contributed by atoms with E-state index in [-0.39, 0.29) is 12.9 Å². The third-order valence-corrected chi connectivity index (χ3v) is 3.37. The molecular weight excluding hydrogens is 306 g/mol. The van der Waals surface area contributed by atoms with E-state index in [9.17, 15) is 0 Å². The van der Waals surface area contributed by atoms with Gasteiger partial charge in [-0.2, -0.15) is 0 Å². The van der Waals surface area contributed by atoms with Gasteiger partial charge in [-0.1, -0.05) is 6.07 Å². The van der Waals surface area contributed by atoms with Crippen molar-refractivity contribution in [3.63, 3.8) is 0 Å². The predicted molar refractivity (Wildman–Crippen MR) is 93.7 cm³/mol. The van der Waals surface area contributed by atoms with E-state index in [2.05, 4.69) is 10.3 Å². The summed E-state index contributed by atoms with van der Waals surface area (Å²) in [5.41, 5.74) is 7.80. The zero-order valence-electron chi connectivity index (χ0n) is 13.8. The van der Waals surface area contributed by atoms with Gasteiger partial charge in [0.2, 0.25) is 6.79 Å². The second-order valence-corrected chi connectivity index (χ2v) is 5.71. The number of nitrogens with two attached hydrogens (primary N) is 1. The molecule has 0 fully saturated rings. The van der Waals surface area contributed by atoms with Gasteiger partial charge in [-0.05, 0) is 55.8 Å². The SMILES string of the molecule is CC(C)Oc1ccc(NC(N)=NCc2ccc3c(c2)OCO3)cc1. The Morgan fingerprint density at radius 2 is 1.92 bits per heavy atom. The molecule has 2 aromatic carbocycles. The van der Waals surface area contributed by atoms with Crippen molar-refractivity contribution in [1.29, 1.82) is 0 Å². The highest BCUT2D eigenvalue weighted by atomic mass is 16.7. The van der Waals surface area contributed by atoms with E-state index < -0.39 is 0 Å². The fourth-order valence-electron chi connectivity index (χ4n) is 2.29. The van der Waals surface area contributed by atoms with E-state index in [0.29, 0.717) is 12.5 Å². The van der Waals surface area contributed by atoms with Crippen LogP contribution in [-0.4, -0.2) is 18.9 Å². The van der Waals surface area contributed by atoms with Crippen LogP contribution in [0.5, 0.6) is 17.2 Å². The van der Waals surface area contributed by atoms with Gasteiger partial charge in [-0.25, -0.2) is 4.99 Å². The van der Waals surface area contributed by atoms with Crippen molar-refractivity contribution in [2.45, 2.75) is 26.5 Å². The number of guanidine groups is 1. The highest BCUT2D eigenvalue weighted by Crippen LogP contribution is 2.32. The minimum Gasteiger partial charge on any atom is -0.491 e. The summed E-state index contributed by atoms with van der Waals surface area (Å²) >= 11 is 0. The number of hydrogen-bond donors (Lipinski definition) is 2. The summed E-state index contributed by atoms with van der Waals surface area (Å²) in [6.45, 7) is 4.71. The van der Waals surface area contributed by atoms with Crippen molar-refractivity contribution in [3.8, 4) is 17.2 Å². The first kappa shape index (κ1) is 16.0. The lowest BCUT2D eigenvalue weighted by molar-refractivity contribution is 0.174. The Hall–Kier alpha value is -2.89. The Bertz CT molecular complexity index is 727. The molecule has 126 valence electrons. The quantitative estimate of drug-likeness (QED) is 0.651. The molecule has 0 saturated heterocycles. The summed E-state index contributed by atoms with van der Waals surface area (Å²) in [5, 5.41) is 3.06. The molecule has 0 radical (unpaired) electrons. The van der Waals surface area contributed by atoms with Gasteiger partial charge in [0.1, 0.15) is 5.75 Å². The van der Waals surface area contributed by atoms with Crippen LogP contribution in [0.25, 0.3) is 0 Å². The van der Waals surface area contributed by atoms with E-state index in [1.807, 2.05) is 56.3 Å². The summed E-state index contributed by atoms with van der Waals surface area (Å²) in [6.07, 6.45) is 0.150. The number of fused-ring (bicyclic) bond motifs is 1. The summed E-state index contributed by atoms with van der Waals surface area (Å²) in [7, 11) is 0. The van der Waals surface area contributed by atoms with Crippen LogP contribution in [0.4, 0.5) is 5.69 Å². The lowest BCUT2D eigenvalue weighted by Crippen LogP contribution is -2.22. The van der Waals surface area contributed by atoms with Crippen molar-refractivity contribution in [3.05, 3.63) is 48.0 Å². The summed E-state index contributed by atoms with van der Waals surface area (Å²) in [6, 6.07) is 13.3. The molecule has 0 bridgehead atoms. The van der Waals surface area contributed by atoms with E-state index in [1.54, 1.807) is 0 Å². The van der Waals surface area contributed by atoms with Gasteiger partial charge in [-0.3, -0.25) is 0 Å². The third-order valence-electron chi connectivity index (χ3n) is 3.37. The molecule has 0 aliphatic carbocycles. The van der Waals surface area contributed by atoms with Crippen LogP contribution >= 0.6 is 0 Å². The third kappa shape index (κ3) is 4.10. The molecule has 0 aromatic heterocycles. The lowest BCUT2D eigenvalue weighted by atomic mass is 10.2. The van der Waals surface area contributed by atoms with E-state index in [4.69, 9.17) is 19.9 Å². The summed E-state index contributed by atoms with van der Waals surface area (Å²) in [4.78, 5) is 4.34. The second-order valence-electron chi connectivity index (χ2n) is 5.71. The molecule has 3 rings (SSSR count). The molecule has 0 atom stereocenters. The van der Waals surface area contributed by atoms with Crippen LogP contribution in [0.1, 0.15) is 19.4 Å². The zero-order valence-corrected chi connectivity index (χ0v) is 13.8. The van der Waals surface area contributed by atoms with Gasteiger partial charge in [0, 0.05) is 5.69 Å². The molecule has 0 amide bonds. The first-order valence-corrected chi connectivity index (χ1v) is 7.82. The topological polar surface area (TPSA) is 78.1 Å². The average Bonchev–Trinajstić information content (AvgIpc) is 3.02. The molecule has 6 nitrogen and oxygen atoms in total. The summed E-state index contributed by atoms with van der Waals surface area (Å²) in [5.74, 6) is 2.68. The van der Waals surface area contributed by atoms with Gasteiger partial charge >= 0.3 is 0 Å². The minimum atomic E-state index is 0.150. The molecule has 0 spiro atoms. The van der Waals surface area contributed by atoms with Crippen LogP contribution in [-0.2, 0) is 6.54 Å². The van der Waals surface area contributed by atoms with E-state index in [1.165, 1.54) is 0 Å². The molecular formula is C18H21N3O3. The maximum absolute atomic E-state index is 5.94. The number of rotatable bonds is 5. The minimum absolute atomic E-state index is 0.150. The van der Waals surface area contributed by atoms with E-state index in [0.717, 1.165) is 28.5 Å². The Morgan fingerprint density at radius 1 is 1.17 bits per heavy atom. The predicted octanol–water partition coefficient (Wildman–Crippen LogP) is 3.13. The first-order chi connectivity index (χ1) is 11.6. The zero-order chi connectivity index (χ0) is 16.9. The molecule has 1 aliphatic heterocycles. The van der Waals surface area contributed by atoms with Gasteiger partial charge in [-0.15, -0.1) is 0 Å². The largest absolute Gasteiger partial charge is 0.491 e. The maximum Gasteiger partial charge on any atom is 0.231 e. The highest BCUT2D eigenvalue weighted by molar-refractivity contribution is 5.92. The number of benzene rings is 2. The van der Waals surface area contributed by atoms with Gasteiger partial charge < -0.3 is 25.3 Å². The molecule has 24 heavy (non-hydrogen) atoms. The normalized spacial score (nSPS) is 13.2. The Kier molecular flexibility index (Phi) is 4.74. The molecule has 2 aromatic rings. The van der Waals surface area contributed by atoms with Gasteiger partial charge in [0.15, 0.2) is 17.5 Å². The number of aliphatic imine (C=N–C) groups is 1. The maximum atomic E-state index is 5.94. The number of nitrogens with zero attached hydrogens (tertiary/aromatic N) is 1. The smallest absolute Gasteiger partial charge is 0.231 e. The van der Waals surface area contributed by atoms with Crippen molar-refractivity contribution in [2.24, 2.45) is 10.7 Å². The molecule has 1 heterocycles. The molecule has 0 unspecified atom stereocenters. The van der Waals surface area contributed by atoms with Crippen LogP contribution in [0.2, 0.25) is 0 Å². The molecule has 1 aliphatic rings. The van der Waals surface area contributed by atoms with Crippen molar-refractivity contribution in [2.75, 3.05) is 12.1 Å². The number of hydrogen-bond acceptors (Lipinski definition) is 4. The number of nitrogens with one attached hydrogen (secondary N) is 1. The van der Waals surface area contributed by atoms with Crippen molar-refractivity contribution in [1.82, 2.24) is 0 Å². The van der Waals surface area contributed by atoms with Crippen LogP contribution in [0.15, 0.2) is 47.5 Å². The monoisotopic (exact) mass is 327 g/mol. The number of ether oxygens (including phenoxy) is 3. The van der Waals surface area contributed by atoms with E-state index >= 15 is 0 Å². The Balaban J connectivity index is 1.58.